The van der Waals surface area contributed by atoms with Crippen molar-refractivity contribution >= 4 is 5.52 Å². The molecule has 3 aromatic rings. The highest BCUT2D eigenvalue weighted by Gasteiger charge is 2.17. The fourth-order valence-electron chi connectivity index (χ4n) is 2.18. The number of benzene rings is 1. The maximum atomic E-state index is 6.34. The van der Waals surface area contributed by atoms with Gasteiger partial charge in [0.15, 0.2) is 0 Å². The van der Waals surface area contributed by atoms with Crippen LogP contribution >= 0.6 is 0 Å². The van der Waals surface area contributed by atoms with E-state index in [1.54, 1.807) is 36.4 Å². The smallest absolute Gasteiger partial charge is 0.123 e. The zero-order chi connectivity index (χ0) is 13.2. The average molecular weight is 254 g/mol. The van der Waals surface area contributed by atoms with Gasteiger partial charge in [-0.2, -0.15) is 5.10 Å². The normalized spacial score (nSPS) is 12.5. The van der Waals surface area contributed by atoms with Gasteiger partial charge in [0.1, 0.15) is 5.75 Å². The van der Waals surface area contributed by atoms with Gasteiger partial charge < -0.3 is 10.5 Å². The van der Waals surface area contributed by atoms with Crippen LogP contribution in [0.25, 0.3) is 5.52 Å². The van der Waals surface area contributed by atoms with Gasteiger partial charge in [-0.15, -0.1) is 0 Å². The van der Waals surface area contributed by atoms with Crippen molar-refractivity contribution in [2.24, 2.45) is 5.73 Å². The molecule has 0 aliphatic heterocycles. The van der Waals surface area contributed by atoms with Gasteiger partial charge in [-0.3, -0.25) is 4.98 Å². The van der Waals surface area contributed by atoms with Crippen molar-refractivity contribution in [1.82, 2.24) is 14.6 Å². The van der Waals surface area contributed by atoms with E-state index in [1.807, 2.05) is 24.3 Å². The number of fused-ring (bicyclic) bond motifs is 1. The molecule has 0 fully saturated rings. The Morgan fingerprint density at radius 2 is 2.05 bits per heavy atom. The Balaban J connectivity index is 2.11. The summed E-state index contributed by atoms with van der Waals surface area (Å²) in [7, 11) is 1.64. The van der Waals surface area contributed by atoms with E-state index in [4.69, 9.17) is 10.5 Å². The molecule has 2 aromatic heterocycles. The van der Waals surface area contributed by atoms with Crippen molar-refractivity contribution in [3.05, 3.63) is 60.2 Å². The van der Waals surface area contributed by atoms with Crippen molar-refractivity contribution < 1.29 is 4.74 Å². The number of hydrogen-bond acceptors (Lipinski definition) is 4. The highest BCUT2D eigenvalue weighted by molar-refractivity contribution is 5.56. The molecular formula is C14H14N4O. The van der Waals surface area contributed by atoms with Crippen LogP contribution in [0, 0.1) is 0 Å². The Labute approximate surface area is 110 Å². The van der Waals surface area contributed by atoms with Crippen molar-refractivity contribution in [3.63, 3.8) is 0 Å². The van der Waals surface area contributed by atoms with E-state index in [1.165, 1.54) is 0 Å². The molecule has 5 nitrogen and oxygen atoms in total. The van der Waals surface area contributed by atoms with Gasteiger partial charge in [-0.05, 0) is 6.07 Å². The van der Waals surface area contributed by atoms with Crippen LogP contribution in [0.2, 0.25) is 0 Å². The standard InChI is InChI=1S/C14H14N4O/c1-19-13-5-3-2-4-10(13)14(15)11-8-17-18-7-6-16-9-12(11)18/h2-9,14H,15H2,1H3. The van der Waals surface area contributed by atoms with Crippen molar-refractivity contribution in [2.45, 2.75) is 6.04 Å². The van der Waals surface area contributed by atoms with Crippen LogP contribution in [0.4, 0.5) is 0 Å². The van der Waals surface area contributed by atoms with Gasteiger partial charge in [-0.25, -0.2) is 4.52 Å². The number of aromatic nitrogens is 3. The molecule has 1 aromatic carbocycles. The van der Waals surface area contributed by atoms with Gasteiger partial charge in [0.2, 0.25) is 0 Å². The van der Waals surface area contributed by atoms with E-state index in [9.17, 15) is 0 Å². The molecule has 0 amide bonds. The minimum Gasteiger partial charge on any atom is -0.496 e. The zero-order valence-electron chi connectivity index (χ0n) is 10.5. The molecule has 2 heterocycles. The van der Waals surface area contributed by atoms with Crippen molar-refractivity contribution in [1.29, 1.82) is 0 Å². The Morgan fingerprint density at radius 3 is 2.89 bits per heavy atom. The SMILES string of the molecule is COc1ccccc1C(N)c1cnn2ccncc12. The fraction of sp³-hybridized carbons (Fsp3) is 0.143. The largest absolute Gasteiger partial charge is 0.496 e. The Hall–Kier alpha value is -2.40. The van der Waals surface area contributed by atoms with E-state index in [-0.39, 0.29) is 6.04 Å². The van der Waals surface area contributed by atoms with E-state index in [2.05, 4.69) is 10.1 Å². The second-order valence-corrected chi connectivity index (χ2v) is 4.23. The van der Waals surface area contributed by atoms with Gasteiger partial charge in [0, 0.05) is 23.5 Å². The molecule has 0 aliphatic carbocycles. The molecule has 3 rings (SSSR count). The number of nitrogens with two attached hydrogens (primary N) is 1. The number of hydrogen-bond donors (Lipinski definition) is 1. The molecule has 0 spiro atoms. The molecule has 5 heteroatoms. The summed E-state index contributed by atoms with van der Waals surface area (Å²) in [4.78, 5) is 4.12. The first-order chi connectivity index (χ1) is 9.31. The summed E-state index contributed by atoms with van der Waals surface area (Å²) in [6.45, 7) is 0. The Bertz CT molecular complexity index is 707. The van der Waals surface area contributed by atoms with Crippen LogP contribution in [0.1, 0.15) is 17.2 Å². The molecule has 0 saturated heterocycles. The summed E-state index contributed by atoms with van der Waals surface area (Å²) in [6.07, 6.45) is 7.03. The van der Waals surface area contributed by atoms with Crippen LogP contribution in [-0.2, 0) is 0 Å². The fourth-order valence-corrected chi connectivity index (χ4v) is 2.18. The van der Waals surface area contributed by atoms with E-state index in [0.717, 1.165) is 22.4 Å². The van der Waals surface area contributed by atoms with Crippen molar-refractivity contribution in [2.75, 3.05) is 7.11 Å². The van der Waals surface area contributed by atoms with Gasteiger partial charge in [-0.1, -0.05) is 18.2 Å². The Morgan fingerprint density at radius 1 is 1.21 bits per heavy atom. The molecule has 1 atom stereocenters. The lowest BCUT2D eigenvalue weighted by atomic mass is 10.0. The number of rotatable bonds is 3. The molecule has 0 saturated carbocycles. The molecule has 0 aliphatic rings. The second kappa shape index (κ2) is 4.70. The van der Waals surface area contributed by atoms with Crippen LogP contribution in [0.15, 0.2) is 49.1 Å². The summed E-state index contributed by atoms with van der Waals surface area (Å²) in [6, 6.07) is 7.44. The van der Waals surface area contributed by atoms with Crippen LogP contribution < -0.4 is 10.5 Å². The van der Waals surface area contributed by atoms with E-state index in [0.29, 0.717) is 0 Å². The summed E-state index contributed by atoms with van der Waals surface area (Å²) in [5, 5.41) is 4.28. The molecular weight excluding hydrogens is 240 g/mol. The molecule has 2 N–H and O–H groups in total. The predicted octanol–water partition coefficient (Wildman–Crippen LogP) is 1.79. The van der Waals surface area contributed by atoms with E-state index >= 15 is 0 Å². The third-order valence-corrected chi connectivity index (χ3v) is 3.16. The first-order valence-corrected chi connectivity index (χ1v) is 5.97. The van der Waals surface area contributed by atoms with Crippen LogP contribution in [0.3, 0.4) is 0 Å². The second-order valence-electron chi connectivity index (χ2n) is 4.23. The highest BCUT2D eigenvalue weighted by atomic mass is 16.5. The highest BCUT2D eigenvalue weighted by Crippen LogP contribution is 2.29. The van der Waals surface area contributed by atoms with Crippen LogP contribution in [-0.4, -0.2) is 21.7 Å². The summed E-state index contributed by atoms with van der Waals surface area (Å²) in [5.74, 6) is 0.776. The third-order valence-electron chi connectivity index (χ3n) is 3.16. The molecule has 0 radical (unpaired) electrons. The third kappa shape index (κ3) is 1.94. The monoisotopic (exact) mass is 254 g/mol. The maximum Gasteiger partial charge on any atom is 0.123 e. The number of methoxy groups -OCH3 is 1. The number of nitrogens with zero attached hydrogens (tertiary/aromatic N) is 3. The lowest BCUT2D eigenvalue weighted by Gasteiger charge is -2.14. The van der Waals surface area contributed by atoms with Crippen LogP contribution in [0.5, 0.6) is 5.75 Å². The average Bonchev–Trinajstić information content (AvgIpc) is 2.90. The zero-order valence-corrected chi connectivity index (χ0v) is 10.5. The predicted molar refractivity (Wildman–Crippen MR) is 72.0 cm³/mol. The van der Waals surface area contributed by atoms with Gasteiger partial charge in [0.05, 0.1) is 31.1 Å². The molecule has 96 valence electrons. The molecule has 19 heavy (non-hydrogen) atoms. The first kappa shape index (κ1) is 11.7. The Kier molecular flexibility index (Phi) is 2.89. The minimum atomic E-state index is -0.294. The molecule has 1 unspecified atom stereocenters. The van der Waals surface area contributed by atoms with Gasteiger partial charge in [0.25, 0.3) is 0 Å². The first-order valence-electron chi connectivity index (χ1n) is 5.97. The molecule has 0 bridgehead atoms. The number of para-hydroxylation sites is 1. The number of ether oxygens (including phenoxy) is 1. The maximum absolute atomic E-state index is 6.34. The lowest BCUT2D eigenvalue weighted by molar-refractivity contribution is 0.408. The lowest BCUT2D eigenvalue weighted by Crippen LogP contribution is -2.12. The van der Waals surface area contributed by atoms with E-state index < -0.39 is 0 Å². The summed E-state index contributed by atoms with van der Waals surface area (Å²) in [5.41, 5.74) is 9.11. The quantitative estimate of drug-likeness (QED) is 0.773. The summed E-state index contributed by atoms with van der Waals surface area (Å²) < 4.78 is 7.12. The topological polar surface area (TPSA) is 65.4 Å². The van der Waals surface area contributed by atoms with Crippen molar-refractivity contribution in [3.8, 4) is 5.75 Å². The summed E-state index contributed by atoms with van der Waals surface area (Å²) >= 11 is 0. The minimum absolute atomic E-state index is 0.294. The van der Waals surface area contributed by atoms with Gasteiger partial charge >= 0.3 is 0 Å².